The van der Waals surface area contributed by atoms with Crippen molar-refractivity contribution in [3.63, 3.8) is 0 Å². The maximum absolute atomic E-state index is 15.7. The molecule has 12 N–H and O–H groups in total. The Hall–Kier alpha value is -2.37. The monoisotopic (exact) mass is 1230 g/mol. The summed E-state index contributed by atoms with van der Waals surface area (Å²) in [6.45, 7) is 12.9. The van der Waals surface area contributed by atoms with Crippen molar-refractivity contribution in [1.29, 1.82) is 0 Å². The average Bonchev–Trinajstić information content (AvgIpc) is 0.742. The normalized spacial score (nSPS) is 49.3. The molecular weight excluding hydrogens is 1120 g/mol. The van der Waals surface area contributed by atoms with Crippen LogP contribution in [0, 0.1) is 56.7 Å². The molecule has 0 bridgehead atoms. The lowest BCUT2D eigenvalue weighted by Crippen LogP contribution is -2.69. The van der Waals surface area contributed by atoms with Crippen LogP contribution in [0.5, 0.6) is 0 Å². The van der Waals surface area contributed by atoms with Crippen molar-refractivity contribution in [3.05, 3.63) is 11.6 Å². The summed E-state index contributed by atoms with van der Waals surface area (Å²) in [7, 11) is 0. The van der Waals surface area contributed by atoms with Gasteiger partial charge in [-0.3, -0.25) is 9.59 Å². The third-order valence-electron chi connectivity index (χ3n) is 23.4. The van der Waals surface area contributed by atoms with Crippen LogP contribution in [0.1, 0.15) is 164 Å². The highest BCUT2D eigenvalue weighted by Crippen LogP contribution is 2.75. The smallest absolute Gasteiger partial charge is 0.317 e. The molecule has 86 heavy (non-hydrogen) atoms. The summed E-state index contributed by atoms with van der Waals surface area (Å²) in [4.78, 5) is 42.3. The first-order chi connectivity index (χ1) is 40.8. The van der Waals surface area contributed by atoms with Crippen LogP contribution in [0.4, 0.5) is 0 Å². The molecule has 1 amide bonds. The van der Waals surface area contributed by atoms with E-state index in [0.29, 0.717) is 38.7 Å². The minimum atomic E-state index is -1.74. The molecule has 5 aliphatic carbocycles. The van der Waals surface area contributed by atoms with Crippen molar-refractivity contribution in [2.24, 2.45) is 56.7 Å². The number of aldehydes is 1. The molecule has 0 aromatic carbocycles. The minimum absolute atomic E-state index is 0.0326. The van der Waals surface area contributed by atoms with Gasteiger partial charge in [-0.2, -0.15) is 0 Å². The predicted molar refractivity (Wildman–Crippen MR) is 304 cm³/mol. The third kappa shape index (κ3) is 12.4. The molecular formula is C63H103NO22. The summed E-state index contributed by atoms with van der Waals surface area (Å²) in [5.74, 6) is -2.33. The number of amides is 1. The van der Waals surface area contributed by atoms with Crippen LogP contribution in [0.25, 0.3) is 0 Å². The summed E-state index contributed by atoms with van der Waals surface area (Å²) in [6, 6.07) is -1.29. The Kier molecular flexibility index (Phi) is 21.7. The van der Waals surface area contributed by atoms with E-state index in [9.17, 15) is 65.8 Å². The van der Waals surface area contributed by atoms with Crippen LogP contribution in [-0.4, -0.2) is 217 Å². The van der Waals surface area contributed by atoms with Gasteiger partial charge >= 0.3 is 5.97 Å². The van der Waals surface area contributed by atoms with E-state index >= 15 is 4.79 Å². The lowest BCUT2D eigenvalue weighted by molar-refractivity contribution is -0.362. The number of aliphatic hydroxyl groups is 11. The fraction of sp³-hybridized carbons (Fsp3) is 0.921. The van der Waals surface area contributed by atoms with Crippen LogP contribution < -0.4 is 5.32 Å². The molecule has 0 aromatic heterocycles. The van der Waals surface area contributed by atoms with Crippen molar-refractivity contribution in [2.75, 3.05) is 26.4 Å². The Morgan fingerprint density at radius 1 is 0.674 bits per heavy atom. The molecule has 9 rings (SSSR count). The first-order valence-electron chi connectivity index (χ1n) is 32.3. The fourth-order valence-corrected chi connectivity index (χ4v) is 17.8. The Morgan fingerprint density at radius 2 is 1.33 bits per heavy atom. The van der Waals surface area contributed by atoms with E-state index in [1.807, 2.05) is 6.92 Å². The number of rotatable bonds is 22. The Morgan fingerprint density at radius 3 is 2.00 bits per heavy atom. The highest BCUT2D eigenvalue weighted by atomic mass is 16.8. The van der Waals surface area contributed by atoms with Gasteiger partial charge in [0.2, 0.25) is 12.2 Å². The summed E-state index contributed by atoms with van der Waals surface area (Å²) < 4.78 is 48.3. The maximum Gasteiger partial charge on any atom is 0.317 e. The lowest BCUT2D eigenvalue weighted by atomic mass is 9.33. The average molecular weight is 1230 g/mol. The van der Waals surface area contributed by atoms with Gasteiger partial charge in [0.1, 0.15) is 66.6 Å². The van der Waals surface area contributed by atoms with E-state index in [1.54, 1.807) is 13.8 Å². The summed E-state index contributed by atoms with van der Waals surface area (Å²) in [5.41, 5.74) is -2.43. The summed E-state index contributed by atoms with van der Waals surface area (Å²) in [5, 5.41) is 123. The number of ether oxygens (including phenoxy) is 8. The quantitative estimate of drug-likeness (QED) is 0.0319. The molecule has 0 spiro atoms. The second-order valence-corrected chi connectivity index (χ2v) is 28.4. The second-order valence-electron chi connectivity index (χ2n) is 28.4. The zero-order chi connectivity index (χ0) is 62.4. The van der Waals surface area contributed by atoms with Gasteiger partial charge in [-0.1, -0.05) is 91.7 Å². The third-order valence-corrected chi connectivity index (χ3v) is 23.4. The van der Waals surface area contributed by atoms with Gasteiger partial charge in [0.25, 0.3) is 0 Å². The van der Waals surface area contributed by atoms with Crippen LogP contribution in [-0.2, 0) is 52.3 Å². The number of fused-ring (bicyclic) bond motifs is 7. The number of carbonyl (C=O) groups excluding carboxylic acids is 3. The van der Waals surface area contributed by atoms with Crippen molar-refractivity contribution in [2.45, 2.75) is 281 Å². The molecule has 23 nitrogen and oxygen atoms in total. The zero-order valence-corrected chi connectivity index (χ0v) is 51.5. The Labute approximate surface area is 505 Å². The van der Waals surface area contributed by atoms with E-state index in [-0.39, 0.29) is 54.5 Å². The number of carbonyl (C=O) groups is 3. The van der Waals surface area contributed by atoms with E-state index < -0.39 is 170 Å². The van der Waals surface area contributed by atoms with E-state index in [1.165, 1.54) is 0 Å². The number of aliphatic hydroxyl groups excluding tert-OH is 11. The van der Waals surface area contributed by atoms with Gasteiger partial charge in [0, 0.05) is 18.9 Å². The van der Waals surface area contributed by atoms with Crippen molar-refractivity contribution >= 4 is 18.2 Å². The minimum Gasteiger partial charge on any atom is -0.432 e. The predicted octanol–water partition coefficient (Wildman–Crippen LogP) is 1.93. The van der Waals surface area contributed by atoms with Crippen molar-refractivity contribution in [3.8, 4) is 0 Å². The number of allylic oxidation sites excluding steroid dienone is 2. The fourth-order valence-electron chi connectivity index (χ4n) is 17.8. The molecule has 0 radical (unpaired) electrons. The molecule has 8 fully saturated rings. The summed E-state index contributed by atoms with van der Waals surface area (Å²) in [6.07, 6.45) is -8.42. The molecule has 4 saturated heterocycles. The Balaban J connectivity index is 0.891. The van der Waals surface area contributed by atoms with Gasteiger partial charge in [-0.15, -0.1) is 0 Å². The number of nitrogens with one attached hydrogen (secondary N) is 1. The summed E-state index contributed by atoms with van der Waals surface area (Å²) >= 11 is 0. The van der Waals surface area contributed by atoms with Gasteiger partial charge < -0.3 is 104 Å². The molecule has 23 heteroatoms. The topological polar surface area (TPSA) is 360 Å². The highest BCUT2D eigenvalue weighted by Gasteiger charge is 2.72. The number of esters is 1. The zero-order valence-electron chi connectivity index (χ0n) is 51.5. The molecule has 9 aliphatic rings. The molecule has 4 heterocycles. The van der Waals surface area contributed by atoms with Gasteiger partial charge in [-0.05, 0) is 117 Å². The molecule has 29 atom stereocenters. The van der Waals surface area contributed by atoms with Crippen molar-refractivity contribution < 1.29 is 108 Å². The SMILES string of the molecule is CC1C(O)C(O[C@@H]2OC[C@@H](O)C(O)C2O)[C@@H](C)O[C@H]1OC1C(O)C(NC(=O)CCCCCCCCCCO[C@@H]2O[C@@H](CO)C(O)C2O)[C@@H](CO)O[C@H]1OC(=O)C12CC[C@@H](C)CC1C1=CCC3C4(C)CCC(O)C(C)(C=O)[C@@H]4CC[C@@]3(C)[C@]1(C)C[C@H]2O. The van der Waals surface area contributed by atoms with Crippen LogP contribution in [0.2, 0.25) is 0 Å². The van der Waals surface area contributed by atoms with Crippen LogP contribution >= 0.6 is 0 Å². The molecule has 16 unspecified atom stereocenters. The number of hydrogen-bond donors (Lipinski definition) is 12. The number of unbranched alkanes of at least 4 members (excludes halogenated alkanes) is 7. The molecule has 4 aliphatic heterocycles. The number of hydrogen-bond acceptors (Lipinski definition) is 22. The molecule has 492 valence electrons. The van der Waals surface area contributed by atoms with Gasteiger partial charge in [-0.25, -0.2) is 0 Å². The van der Waals surface area contributed by atoms with Gasteiger partial charge in [0.15, 0.2) is 25.0 Å². The highest BCUT2D eigenvalue weighted by molar-refractivity contribution is 5.80. The maximum atomic E-state index is 15.7. The lowest BCUT2D eigenvalue weighted by Gasteiger charge is -2.71. The second kappa shape index (κ2) is 27.4. The van der Waals surface area contributed by atoms with Crippen molar-refractivity contribution in [1.82, 2.24) is 5.32 Å². The standard InChI is InChI=1S/C63H103NO22/c1-32-19-24-63(36(26-32)35-17-18-41-59(4)22-21-42(69)60(5,31-67)40(59)20-23-61(41,6)62(35,7)27-43(63)70)58(78)86-57-53(85-54-33(2)46(72)52(34(3)81-54)84-56-50(76)47(73)37(68)30-80-56)49(75)45(38(28-65)82-57)64-44(71)16-14-12-10-8-9-11-13-15-25-79-55-51(77)48(74)39(29-66)83-55/h17,31-34,36-43,45-57,65-66,68-70,72-77H,8-16,18-30H2,1-7H3,(H,64,71)/t32-,33?,34-,36?,37-,38-,39+,40-,41?,42?,43-,45?,46?,47?,48?,49?,50?,51?,52?,53?,54+,55-,56+,57+,59?,60?,61-,62-,63?/m1/s1. The van der Waals surface area contributed by atoms with Gasteiger partial charge in [0.05, 0.1) is 55.7 Å². The van der Waals surface area contributed by atoms with E-state index in [0.717, 1.165) is 76.1 Å². The molecule has 0 aromatic rings. The Bertz CT molecular complexity index is 2340. The largest absolute Gasteiger partial charge is 0.432 e. The molecule has 4 saturated carbocycles. The van der Waals surface area contributed by atoms with E-state index in [4.69, 9.17) is 37.9 Å². The van der Waals surface area contributed by atoms with Crippen LogP contribution in [0.15, 0.2) is 11.6 Å². The first-order valence-corrected chi connectivity index (χ1v) is 32.3. The first kappa shape index (κ1) is 68.0. The van der Waals surface area contributed by atoms with Crippen LogP contribution in [0.3, 0.4) is 0 Å². The van der Waals surface area contributed by atoms with E-state index in [2.05, 4.69) is 39.1 Å².